The lowest BCUT2D eigenvalue weighted by Gasteiger charge is -2.42. The molecule has 0 aromatic heterocycles. The van der Waals surface area contributed by atoms with Gasteiger partial charge in [-0.15, -0.1) is 0 Å². The summed E-state index contributed by atoms with van der Waals surface area (Å²) in [5, 5.41) is 12.5. The molecule has 0 aromatic carbocycles. The molecular weight excluding hydrogens is 386 g/mol. The van der Waals surface area contributed by atoms with E-state index in [1.165, 1.54) is 6.92 Å². The third kappa shape index (κ3) is 8.10. The van der Waals surface area contributed by atoms with Crippen molar-refractivity contribution in [2.45, 2.75) is 51.8 Å². The van der Waals surface area contributed by atoms with Gasteiger partial charge in [0.05, 0.1) is 0 Å². The average molecular weight is 411 g/mol. The molecule has 2 N–H and O–H groups in total. The van der Waals surface area contributed by atoms with Crippen LogP contribution >= 0.6 is 0 Å². The van der Waals surface area contributed by atoms with Crippen LogP contribution in [0.4, 0.5) is 4.79 Å². The standard InChI is InChI=1S/C15H25NO10S/c1-8-11(7-23-15(20)16-5-4-6-27(21)22)26-14(19)13(25-10(3)18)12(8)24-9(2)17/h8,11-14,19,27H,4-7H2,1-3H3,(H,16,20)/t8-,11-,12+,13-,14?/m1/s1. The van der Waals surface area contributed by atoms with Crippen molar-refractivity contribution in [1.29, 1.82) is 0 Å². The van der Waals surface area contributed by atoms with E-state index >= 15 is 0 Å². The smallest absolute Gasteiger partial charge is 0.407 e. The Morgan fingerprint density at radius 2 is 1.70 bits per heavy atom. The van der Waals surface area contributed by atoms with Crippen LogP contribution in [-0.2, 0) is 39.2 Å². The molecule has 5 atom stereocenters. The number of carbonyl (C=O) groups is 3. The number of ether oxygens (including phenoxy) is 4. The zero-order valence-corrected chi connectivity index (χ0v) is 16.2. The summed E-state index contributed by atoms with van der Waals surface area (Å²) in [5.41, 5.74) is 0. The number of nitrogens with one attached hydrogen (secondary N) is 1. The number of esters is 2. The fraction of sp³-hybridized carbons (Fsp3) is 0.800. The minimum Gasteiger partial charge on any atom is -0.458 e. The van der Waals surface area contributed by atoms with Gasteiger partial charge in [-0.3, -0.25) is 9.59 Å². The molecule has 156 valence electrons. The molecule has 11 nitrogen and oxygen atoms in total. The van der Waals surface area contributed by atoms with E-state index in [0.717, 1.165) is 6.92 Å². The van der Waals surface area contributed by atoms with E-state index in [2.05, 4.69) is 5.32 Å². The highest BCUT2D eigenvalue weighted by Crippen LogP contribution is 2.29. The highest BCUT2D eigenvalue weighted by molar-refractivity contribution is 7.72. The van der Waals surface area contributed by atoms with E-state index in [-0.39, 0.29) is 25.3 Å². The van der Waals surface area contributed by atoms with Crippen LogP contribution in [0.15, 0.2) is 0 Å². The normalized spacial score (nSPS) is 27.7. The summed E-state index contributed by atoms with van der Waals surface area (Å²) in [4.78, 5) is 34.2. The fourth-order valence-electron chi connectivity index (χ4n) is 2.53. The number of aliphatic hydroxyl groups excluding tert-OH is 1. The maximum Gasteiger partial charge on any atom is 0.407 e. The summed E-state index contributed by atoms with van der Waals surface area (Å²) in [5.74, 6) is -1.92. The van der Waals surface area contributed by atoms with E-state index in [1.807, 2.05) is 0 Å². The van der Waals surface area contributed by atoms with Crippen molar-refractivity contribution in [3.63, 3.8) is 0 Å². The SMILES string of the molecule is CC(=O)O[C@H]1[C@H](C)[C@@H](COC(=O)NCCC[SH](=O)=O)OC(O)[C@@H]1OC(C)=O. The molecule has 0 aliphatic carbocycles. The highest BCUT2D eigenvalue weighted by Gasteiger charge is 2.47. The van der Waals surface area contributed by atoms with Gasteiger partial charge >= 0.3 is 18.0 Å². The number of hydrogen-bond acceptors (Lipinski definition) is 10. The van der Waals surface area contributed by atoms with Gasteiger partial charge in [-0.1, -0.05) is 6.92 Å². The van der Waals surface area contributed by atoms with Gasteiger partial charge in [-0.05, 0) is 6.42 Å². The van der Waals surface area contributed by atoms with Gasteiger partial charge in [0.15, 0.2) is 12.4 Å². The molecule has 27 heavy (non-hydrogen) atoms. The zero-order chi connectivity index (χ0) is 20.6. The van der Waals surface area contributed by atoms with Crippen molar-refractivity contribution < 1.29 is 46.9 Å². The van der Waals surface area contributed by atoms with Gasteiger partial charge in [0.25, 0.3) is 0 Å². The van der Waals surface area contributed by atoms with Crippen LogP contribution in [0.1, 0.15) is 27.2 Å². The van der Waals surface area contributed by atoms with E-state index in [0.29, 0.717) is 0 Å². The Hall–Kier alpha value is -1.92. The van der Waals surface area contributed by atoms with Gasteiger partial charge in [-0.25, -0.2) is 13.2 Å². The first-order valence-electron chi connectivity index (χ1n) is 8.32. The van der Waals surface area contributed by atoms with Gasteiger partial charge in [0, 0.05) is 32.1 Å². The van der Waals surface area contributed by atoms with Crippen LogP contribution in [0.25, 0.3) is 0 Å². The summed E-state index contributed by atoms with van der Waals surface area (Å²) < 4.78 is 41.3. The molecule has 0 spiro atoms. The third-order valence-corrected chi connectivity index (χ3v) is 4.47. The molecule has 12 heteroatoms. The molecule has 0 radical (unpaired) electrons. The Morgan fingerprint density at radius 3 is 2.26 bits per heavy atom. The van der Waals surface area contributed by atoms with E-state index in [9.17, 15) is 27.9 Å². The van der Waals surface area contributed by atoms with Crippen LogP contribution in [-0.4, -0.2) is 75.1 Å². The topological polar surface area (TPSA) is 155 Å². The second-order valence-corrected chi connectivity index (χ2v) is 7.12. The second kappa shape index (κ2) is 11.0. The highest BCUT2D eigenvalue weighted by atomic mass is 32.2. The van der Waals surface area contributed by atoms with Crippen molar-refractivity contribution in [2.75, 3.05) is 18.9 Å². The van der Waals surface area contributed by atoms with Crippen LogP contribution in [0, 0.1) is 5.92 Å². The van der Waals surface area contributed by atoms with E-state index in [4.69, 9.17) is 18.9 Å². The Balaban J connectivity index is 2.61. The minimum atomic E-state index is -2.50. The molecule has 1 fully saturated rings. The van der Waals surface area contributed by atoms with Crippen LogP contribution in [0.5, 0.6) is 0 Å². The second-order valence-electron chi connectivity index (χ2n) is 6.01. The maximum absolute atomic E-state index is 11.6. The van der Waals surface area contributed by atoms with Crippen molar-refractivity contribution in [3.8, 4) is 0 Å². The molecule has 1 saturated heterocycles. The molecule has 1 heterocycles. The minimum absolute atomic E-state index is 0.0494. The van der Waals surface area contributed by atoms with Crippen molar-refractivity contribution >= 4 is 28.7 Å². The van der Waals surface area contributed by atoms with Gasteiger partial charge in [0.2, 0.25) is 0 Å². The largest absolute Gasteiger partial charge is 0.458 e. The van der Waals surface area contributed by atoms with Gasteiger partial charge in [-0.2, -0.15) is 0 Å². The Morgan fingerprint density at radius 1 is 1.11 bits per heavy atom. The molecule has 1 rings (SSSR count). The van der Waals surface area contributed by atoms with Gasteiger partial charge < -0.3 is 29.4 Å². The third-order valence-electron chi connectivity index (χ3n) is 3.79. The van der Waals surface area contributed by atoms with E-state index in [1.54, 1.807) is 6.92 Å². The van der Waals surface area contributed by atoms with Gasteiger partial charge in [0.1, 0.15) is 29.5 Å². The fourth-order valence-corrected chi connectivity index (χ4v) is 2.95. The molecule has 0 aromatic rings. The maximum atomic E-state index is 11.6. The summed E-state index contributed by atoms with van der Waals surface area (Å²) in [7, 11) is -2.50. The molecule has 1 amide bonds. The molecule has 1 aliphatic rings. The van der Waals surface area contributed by atoms with Crippen molar-refractivity contribution in [2.24, 2.45) is 5.92 Å². The lowest BCUT2D eigenvalue weighted by molar-refractivity contribution is -0.279. The van der Waals surface area contributed by atoms with Crippen LogP contribution < -0.4 is 5.32 Å². The van der Waals surface area contributed by atoms with Crippen molar-refractivity contribution in [1.82, 2.24) is 5.32 Å². The molecule has 0 bridgehead atoms. The number of carbonyl (C=O) groups excluding carboxylic acids is 3. The summed E-state index contributed by atoms with van der Waals surface area (Å²) in [6, 6.07) is 0. The first-order valence-corrected chi connectivity index (χ1v) is 9.68. The monoisotopic (exact) mass is 411 g/mol. The predicted molar refractivity (Wildman–Crippen MR) is 90.3 cm³/mol. The summed E-state index contributed by atoms with van der Waals surface area (Å²) >= 11 is 0. The summed E-state index contributed by atoms with van der Waals surface area (Å²) in [6.45, 7) is 3.81. The molecule has 0 saturated carbocycles. The average Bonchev–Trinajstić information content (AvgIpc) is 2.55. The zero-order valence-electron chi connectivity index (χ0n) is 15.3. The van der Waals surface area contributed by atoms with Crippen LogP contribution in [0.2, 0.25) is 0 Å². The number of rotatable bonds is 8. The Kier molecular flexibility index (Phi) is 9.46. The van der Waals surface area contributed by atoms with Crippen LogP contribution in [0.3, 0.4) is 0 Å². The first-order chi connectivity index (χ1) is 12.6. The lowest BCUT2D eigenvalue weighted by Crippen LogP contribution is -2.57. The van der Waals surface area contributed by atoms with Crippen molar-refractivity contribution in [3.05, 3.63) is 0 Å². The molecular formula is C15H25NO10S. The van der Waals surface area contributed by atoms with E-state index < -0.39 is 59.3 Å². The number of hydrogen-bond donors (Lipinski definition) is 3. The summed E-state index contributed by atoms with van der Waals surface area (Å²) in [6.07, 6.45) is -5.12. The Bertz CT molecular complexity index is 599. The lowest BCUT2D eigenvalue weighted by atomic mass is 9.90. The molecule has 1 unspecified atom stereocenters. The number of aliphatic hydroxyl groups is 1. The number of thiol groups is 1. The predicted octanol–water partition coefficient (Wildman–Crippen LogP) is -1.07. The number of alkyl carbamates (subject to hydrolysis) is 1. The Labute approximate surface area is 158 Å². The number of amides is 1. The molecule has 1 aliphatic heterocycles. The first kappa shape index (κ1) is 23.1. The quantitative estimate of drug-likeness (QED) is 0.195.